The van der Waals surface area contributed by atoms with E-state index in [2.05, 4.69) is 13.1 Å². The van der Waals surface area contributed by atoms with Crippen LogP contribution in [-0.2, 0) is 9.53 Å². The van der Waals surface area contributed by atoms with E-state index in [1.165, 1.54) is 0 Å². The molecule has 0 spiro atoms. The molecule has 0 aromatic rings. The van der Waals surface area contributed by atoms with Gasteiger partial charge in [-0.2, -0.15) is 0 Å². The third-order valence-electron chi connectivity index (χ3n) is 2.72. The predicted octanol–water partition coefficient (Wildman–Crippen LogP) is 1.36. The van der Waals surface area contributed by atoms with Gasteiger partial charge in [0, 0.05) is 8.07 Å². The fourth-order valence-electron chi connectivity index (χ4n) is 2.04. The van der Waals surface area contributed by atoms with Gasteiger partial charge in [-0.05, 0) is 19.4 Å². The normalized spacial score (nSPS) is 31.7. The molecular formula is C9H19NO2Si. The van der Waals surface area contributed by atoms with E-state index < -0.39 is 13.6 Å². The van der Waals surface area contributed by atoms with Crippen LogP contribution in [0.5, 0.6) is 0 Å². The minimum absolute atomic E-state index is 0.201. The lowest BCUT2D eigenvalue weighted by atomic mass is 10.0. The predicted molar refractivity (Wildman–Crippen MR) is 55.3 cm³/mol. The van der Waals surface area contributed by atoms with Gasteiger partial charge < -0.3 is 10.5 Å². The summed E-state index contributed by atoms with van der Waals surface area (Å²) in [6.07, 6.45) is 0.811. The maximum absolute atomic E-state index is 11.5. The lowest BCUT2D eigenvalue weighted by molar-refractivity contribution is -0.148. The number of ether oxygens (including phenoxy) is 1. The number of rotatable bonds is 2. The molecule has 1 unspecified atom stereocenters. The first kappa shape index (κ1) is 10.7. The SMILES string of the molecule is CCOC(=O)C1(N)CC[Si](C)(C)C1. The highest BCUT2D eigenvalue weighted by Gasteiger charge is 2.47. The first-order valence-corrected chi connectivity index (χ1v) is 8.27. The second-order valence-corrected chi connectivity index (χ2v) is 9.90. The van der Waals surface area contributed by atoms with Crippen molar-refractivity contribution in [1.29, 1.82) is 0 Å². The maximum Gasteiger partial charge on any atom is 0.325 e. The Labute approximate surface area is 80.6 Å². The summed E-state index contributed by atoms with van der Waals surface area (Å²) < 4.78 is 4.98. The average Bonchev–Trinajstić information content (AvgIpc) is 2.28. The highest BCUT2D eigenvalue weighted by Crippen LogP contribution is 2.37. The average molecular weight is 201 g/mol. The molecule has 1 aliphatic rings. The Balaban J connectivity index is 2.64. The molecule has 1 saturated heterocycles. The molecule has 4 heteroatoms. The van der Waals surface area contributed by atoms with Crippen LogP contribution in [0.4, 0.5) is 0 Å². The summed E-state index contributed by atoms with van der Waals surface area (Å²) in [7, 11) is -1.19. The molecule has 1 rings (SSSR count). The summed E-state index contributed by atoms with van der Waals surface area (Å²) in [5.41, 5.74) is 5.36. The van der Waals surface area contributed by atoms with Crippen molar-refractivity contribution in [2.45, 2.75) is 44.1 Å². The Morgan fingerprint density at radius 3 is 2.62 bits per heavy atom. The summed E-state index contributed by atoms with van der Waals surface area (Å²) >= 11 is 0. The van der Waals surface area contributed by atoms with Crippen LogP contribution in [0.15, 0.2) is 0 Å². The zero-order valence-electron chi connectivity index (χ0n) is 8.72. The second-order valence-electron chi connectivity index (χ2n) is 4.72. The van der Waals surface area contributed by atoms with E-state index in [9.17, 15) is 4.79 Å². The molecule has 1 heterocycles. The molecule has 0 aliphatic carbocycles. The quantitative estimate of drug-likeness (QED) is 0.542. The van der Waals surface area contributed by atoms with Gasteiger partial charge in [0.05, 0.1) is 6.61 Å². The number of carbonyl (C=O) groups is 1. The molecule has 0 radical (unpaired) electrons. The fourth-order valence-corrected chi connectivity index (χ4v) is 5.37. The first-order valence-electron chi connectivity index (χ1n) is 4.86. The topological polar surface area (TPSA) is 52.3 Å². The standard InChI is InChI=1S/C9H19NO2Si/c1-4-12-8(11)9(10)5-6-13(2,3)7-9/h4-7,10H2,1-3H3. The summed E-state index contributed by atoms with van der Waals surface area (Å²) in [4.78, 5) is 11.5. The number of carbonyl (C=O) groups excluding carboxylic acids is 1. The highest BCUT2D eigenvalue weighted by atomic mass is 28.3. The third kappa shape index (κ3) is 2.31. The van der Waals surface area contributed by atoms with Crippen molar-refractivity contribution in [3.63, 3.8) is 0 Å². The van der Waals surface area contributed by atoms with E-state index in [0.29, 0.717) is 6.61 Å². The molecule has 13 heavy (non-hydrogen) atoms. The van der Waals surface area contributed by atoms with Gasteiger partial charge in [-0.25, -0.2) is 0 Å². The smallest absolute Gasteiger partial charge is 0.325 e. The van der Waals surface area contributed by atoms with Gasteiger partial charge in [0.15, 0.2) is 0 Å². The Morgan fingerprint density at radius 1 is 1.62 bits per heavy atom. The molecular weight excluding hydrogens is 182 g/mol. The number of esters is 1. The maximum atomic E-state index is 11.5. The fraction of sp³-hybridized carbons (Fsp3) is 0.889. The van der Waals surface area contributed by atoms with E-state index in [0.717, 1.165) is 18.5 Å². The van der Waals surface area contributed by atoms with E-state index >= 15 is 0 Å². The molecule has 0 aromatic heterocycles. The van der Waals surface area contributed by atoms with Crippen LogP contribution in [0.3, 0.4) is 0 Å². The molecule has 0 aromatic carbocycles. The van der Waals surface area contributed by atoms with E-state index in [1.54, 1.807) is 0 Å². The monoisotopic (exact) mass is 201 g/mol. The number of nitrogens with two attached hydrogens (primary N) is 1. The Kier molecular flexibility index (Phi) is 2.82. The molecule has 2 N–H and O–H groups in total. The Hall–Kier alpha value is -0.353. The molecule has 3 nitrogen and oxygen atoms in total. The van der Waals surface area contributed by atoms with E-state index in [-0.39, 0.29) is 5.97 Å². The van der Waals surface area contributed by atoms with Crippen molar-refractivity contribution in [3.8, 4) is 0 Å². The van der Waals surface area contributed by atoms with Crippen molar-refractivity contribution in [3.05, 3.63) is 0 Å². The van der Waals surface area contributed by atoms with Crippen molar-refractivity contribution in [1.82, 2.24) is 0 Å². The third-order valence-corrected chi connectivity index (χ3v) is 5.92. The van der Waals surface area contributed by atoms with E-state index in [1.807, 2.05) is 6.92 Å². The van der Waals surface area contributed by atoms with Crippen LogP contribution >= 0.6 is 0 Å². The van der Waals surface area contributed by atoms with Crippen LogP contribution in [0.25, 0.3) is 0 Å². The first-order chi connectivity index (χ1) is 5.90. The molecule has 1 fully saturated rings. The lowest BCUT2D eigenvalue weighted by Gasteiger charge is -2.23. The summed E-state index contributed by atoms with van der Waals surface area (Å²) in [5.74, 6) is -0.201. The van der Waals surface area contributed by atoms with Crippen LogP contribution in [0.2, 0.25) is 25.2 Å². The molecule has 0 amide bonds. The van der Waals surface area contributed by atoms with Gasteiger partial charge in [-0.3, -0.25) is 4.79 Å². The lowest BCUT2D eigenvalue weighted by Crippen LogP contribution is -2.47. The summed E-state index contributed by atoms with van der Waals surface area (Å²) in [6, 6.07) is 2.02. The minimum Gasteiger partial charge on any atom is -0.465 e. The number of hydrogen-bond donors (Lipinski definition) is 1. The van der Waals surface area contributed by atoms with Crippen molar-refractivity contribution in [2.75, 3.05) is 6.61 Å². The van der Waals surface area contributed by atoms with Crippen molar-refractivity contribution in [2.24, 2.45) is 5.73 Å². The van der Waals surface area contributed by atoms with E-state index in [4.69, 9.17) is 10.5 Å². The highest BCUT2D eigenvalue weighted by molar-refractivity contribution is 6.78. The molecule has 0 bridgehead atoms. The molecule has 76 valence electrons. The zero-order chi connectivity index (χ0) is 10.1. The van der Waals surface area contributed by atoms with Crippen LogP contribution < -0.4 is 5.73 Å². The Bertz CT molecular complexity index is 218. The van der Waals surface area contributed by atoms with Crippen LogP contribution in [-0.4, -0.2) is 26.2 Å². The largest absolute Gasteiger partial charge is 0.465 e. The minimum atomic E-state index is -1.19. The molecule has 0 saturated carbocycles. The zero-order valence-corrected chi connectivity index (χ0v) is 9.72. The summed E-state index contributed by atoms with van der Waals surface area (Å²) in [5, 5.41) is 0. The molecule has 1 atom stereocenters. The van der Waals surface area contributed by atoms with Crippen LogP contribution in [0, 0.1) is 0 Å². The van der Waals surface area contributed by atoms with Gasteiger partial charge in [0.25, 0.3) is 0 Å². The molecule has 1 aliphatic heterocycles. The van der Waals surface area contributed by atoms with Gasteiger partial charge in [0.2, 0.25) is 0 Å². The van der Waals surface area contributed by atoms with Crippen molar-refractivity contribution < 1.29 is 9.53 Å². The van der Waals surface area contributed by atoms with Gasteiger partial charge in [0.1, 0.15) is 5.54 Å². The summed E-state index contributed by atoms with van der Waals surface area (Å²) in [6.45, 7) is 6.81. The van der Waals surface area contributed by atoms with Crippen molar-refractivity contribution >= 4 is 14.0 Å². The van der Waals surface area contributed by atoms with Gasteiger partial charge in [-0.1, -0.05) is 19.1 Å². The number of hydrogen-bond acceptors (Lipinski definition) is 3. The van der Waals surface area contributed by atoms with Gasteiger partial charge >= 0.3 is 5.97 Å². The second kappa shape index (κ2) is 3.42. The van der Waals surface area contributed by atoms with Gasteiger partial charge in [-0.15, -0.1) is 0 Å². The Morgan fingerprint density at radius 2 is 2.23 bits per heavy atom. The van der Waals surface area contributed by atoms with Crippen LogP contribution in [0.1, 0.15) is 13.3 Å².